The minimum Gasteiger partial charge on any atom is -0.462 e. The van der Waals surface area contributed by atoms with Crippen molar-refractivity contribution in [1.29, 1.82) is 0 Å². The van der Waals surface area contributed by atoms with E-state index in [1.165, 1.54) is 17.0 Å². The molecule has 10 heteroatoms. The number of esters is 2. The normalized spacial score (nSPS) is 10.7. The highest BCUT2D eigenvalue weighted by atomic mass is 32.1. The van der Waals surface area contributed by atoms with Gasteiger partial charge in [0, 0.05) is 5.69 Å². The van der Waals surface area contributed by atoms with Gasteiger partial charge in [-0.2, -0.15) is 0 Å². The number of thiophene rings is 1. The van der Waals surface area contributed by atoms with Gasteiger partial charge in [0.15, 0.2) is 0 Å². The summed E-state index contributed by atoms with van der Waals surface area (Å²) in [6, 6.07) is 15.6. The van der Waals surface area contributed by atoms with Gasteiger partial charge in [0.05, 0.1) is 23.9 Å². The number of aryl methyl sites for hydroxylation is 1. The zero-order valence-corrected chi connectivity index (χ0v) is 20.5. The molecule has 0 atom stereocenters. The van der Waals surface area contributed by atoms with Crippen molar-refractivity contribution in [3.8, 4) is 0 Å². The zero-order valence-electron chi connectivity index (χ0n) is 19.6. The van der Waals surface area contributed by atoms with E-state index >= 15 is 0 Å². The first-order valence-corrected chi connectivity index (χ1v) is 12.0. The number of carbonyl (C=O) groups excluding carboxylic acids is 3. The largest absolute Gasteiger partial charge is 0.462 e. The van der Waals surface area contributed by atoms with Crippen LogP contribution < -0.4 is 10.9 Å². The topological polar surface area (TPSA) is 117 Å². The molecule has 1 N–H and O–H groups in total. The molecular formula is C26H23N3O6S. The van der Waals surface area contributed by atoms with Gasteiger partial charge >= 0.3 is 11.9 Å². The Labute approximate surface area is 210 Å². The number of rotatable bonds is 8. The van der Waals surface area contributed by atoms with E-state index in [1.54, 1.807) is 32.0 Å². The number of hydrogen-bond donors (Lipinski definition) is 1. The number of aromatic nitrogens is 2. The predicted molar refractivity (Wildman–Crippen MR) is 135 cm³/mol. The van der Waals surface area contributed by atoms with E-state index in [0.29, 0.717) is 26.5 Å². The van der Waals surface area contributed by atoms with Crippen LogP contribution in [0.4, 0.5) is 5.69 Å². The van der Waals surface area contributed by atoms with Crippen LogP contribution in [-0.4, -0.2) is 34.0 Å². The van der Waals surface area contributed by atoms with E-state index in [2.05, 4.69) is 10.3 Å². The van der Waals surface area contributed by atoms with Crippen LogP contribution in [0.1, 0.15) is 38.1 Å². The van der Waals surface area contributed by atoms with Crippen LogP contribution in [0.15, 0.2) is 65.7 Å². The lowest BCUT2D eigenvalue weighted by atomic mass is 10.2. The third kappa shape index (κ3) is 5.49. The van der Waals surface area contributed by atoms with Gasteiger partial charge in [-0.3, -0.25) is 14.2 Å². The Morgan fingerprint density at radius 2 is 1.81 bits per heavy atom. The molecule has 0 aliphatic carbocycles. The quantitative estimate of drug-likeness (QED) is 0.361. The SMILES string of the molecule is CCOC(=O)c1cccc(NC(=O)Cn2cnc3sc(C(=O)OCc4ccccc4)c(C)c3c2=O)c1. The highest BCUT2D eigenvalue weighted by molar-refractivity contribution is 7.20. The predicted octanol–water partition coefficient (Wildman–Crippen LogP) is 3.94. The smallest absolute Gasteiger partial charge is 0.349 e. The highest BCUT2D eigenvalue weighted by Crippen LogP contribution is 2.27. The van der Waals surface area contributed by atoms with Gasteiger partial charge in [0.1, 0.15) is 22.9 Å². The van der Waals surface area contributed by atoms with Crippen molar-refractivity contribution < 1.29 is 23.9 Å². The van der Waals surface area contributed by atoms with Gasteiger partial charge in [0.2, 0.25) is 5.91 Å². The molecule has 4 aromatic rings. The third-order valence-corrected chi connectivity index (χ3v) is 6.47. The van der Waals surface area contributed by atoms with Crippen molar-refractivity contribution in [1.82, 2.24) is 9.55 Å². The fourth-order valence-electron chi connectivity index (χ4n) is 3.55. The lowest BCUT2D eigenvalue weighted by Crippen LogP contribution is -2.28. The van der Waals surface area contributed by atoms with Crippen molar-refractivity contribution in [3.05, 3.63) is 92.8 Å². The summed E-state index contributed by atoms with van der Waals surface area (Å²) in [4.78, 5) is 55.2. The van der Waals surface area contributed by atoms with Crippen molar-refractivity contribution in [2.45, 2.75) is 27.0 Å². The number of ether oxygens (including phenoxy) is 2. The molecule has 0 saturated carbocycles. The van der Waals surface area contributed by atoms with Crippen LogP contribution in [0.25, 0.3) is 10.2 Å². The first kappa shape index (κ1) is 24.8. The van der Waals surface area contributed by atoms with E-state index < -0.39 is 23.4 Å². The number of anilines is 1. The van der Waals surface area contributed by atoms with E-state index in [1.807, 2.05) is 30.3 Å². The Balaban J connectivity index is 1.49. The van der Waals surface area contributed by atoms with Gasteiger partial charge in [-0.1, -0.05) is 36.4 Å². The maximum absolute atomic E-state index is 13.1. The maximum atomic E-state index is 13.1. The van der Waals surface area contributed by atoms with Gasteiger partial charge in [0.25, 0.3) is 5.56 Å². The number of benzene rings is 2. The van der Waals surface area contributed by atoms with Gasteiger partial charge in [-0.25, -0.2) is 14.6 Å². The summed E-state index contributed by atoms with van der Waals surface area (Å²) in [6.07, 6.45) is 1.27. The number of carbonyl (C=O) groups is 3. The Bertz CT molecular complexity index is 1490. The molecule has 9 nitrogen and oxygen atoms in total. The summed E-state index contributed by atoms with van der Waals surface area (Å²) in [5.74, 6) is -1.51. The molecule has 0 bridgehead atoms. The second kappa shape index (κ2) is 11.0. The molecule has 1 amide bonds. The van der Waals surface area contributed by atoms with E-state index in [4.69, 9.17) is 9.47 Å². The summed E-state index contributed by atoms with van der Waals surface area (Å²) >= 11 is 1.08. The van der Waals surface area contributed by atoms with Crippen LogP contribution >= 0.6 is 11.3 Å². The Hall–Kier alpha value is -4.31. The van der Waals surface area contributed by atoms with Gasteiger partial charge in [-0.15, -0.1) is 11.3 Å². The Morgan fingerprint density at radius 1 is 1.03 bits per heavy atom. The second-order valence-corrected chi connectivity index (χ2v) is 8.82. The molecule has 0 fully saturated rings. The molecule has 184 valence electrons. The standard InChI is InChI=1S/C26H23N3O6S/c1-3-34-25(32)18-10-7-11-19(12-18)28-20(30)13-29-15-27-23-21(24(29)31)16(2)22(36-23)26(33)35-14-17-8-5-4-6-9-17/h4-12,15H,3,13-14H2,1-2H3,(H,28,30). The van der Waals surface area contributed by atoms with Crippen molar-refractivity contribution in [3.63, 3.8) is 0 Å². The minimum atomic E-state index is -0.537. The molecule has 0 aliphatic rings. The summed E-state index contributed by atoms with van der Waals surface area (Å²) < 4.78 is 11.5. The first-order valence-electron chi connectivity index (χ1n) is 11.1. The fraction of sp³-hybridized carbons (Fsp3) is 0.192. The minimum absolute atomic E-state index is 0.114. The molecule has 0 unspecified atom stereocenters. The zero-order chi connectivity index (χ0) is 25.7. The molecule has 2 aromatic carbocycles. The van der Waals surface area contributed by atoms with Crippen LogP contribution in [0.5, 0.6) is 0 Å². The average molecular weight is 506 g/mol. The molecule has 2 heterocycles. The summed E-state index contributed by atoms with van der Waals surface area (Å²) in [5, 5.41) is 2.94. The summed E-state index contributed by atoms with van der Waals surface area (Å²) in [5.41, 5.74) is 1.57. The Kier molecular flexibility index (Phi) is 7.55. The number of fused-ring (bicyclic) bond motifs is 1. The summed E-state index contributed by atoms with van der Waals surface area (Å²) in [7, 11) is 0. The van der Waals surface area contributed by atoms with Crippen LogP contribution in [-0.2, 0) is 27.4 Å². The average Bonchev–Trinajstić information content (AvgIpc) is 3.22. The molecule has 0 aliphatic heterocycles. The van der Waals surface area contributed by atoms with Crippen LogP contribution in [0.2, 0.25) is 0 Å². The van der Waals surface area contributed by atoms with Crippen LogP contribution in [0, 0.1) is 6.92 Å². The molecule has 2 aromatic heterocycles. The van der Waals surface area contributed by atoms with E-state index in [0.717, 1.165) is 16.9 Å². The molecule has 36 heavy (non-hydrogen) atoms. The number of nitrogens with zero attached hydrogens (tertiary/aromatic N) is 2. The van der Waals surface area contributed by atoms with Gasteiger partial charge < -0.3 is 14.8 Å². The monoisotopic (exact) mass is 505 g/mol. The Morgan fingerprint density at radius 3 is 2.56 bits per heavy atom. The summed E-state index contributed by atoms with van der Waals surface area (Å²) in [6.45, 7) is 3.42. The van der Waals surface area contributed by atoms with E-state index in [9.17, 15) is 19.2 Å². The number of nitrogens with one attached hydrogen (secondary N) is 1. The molecule has 0 spiro atoms. The number of hydrogen-bond acceptors (Lipinski definition) is 8. The maximum Gasteiger partial charge on any atom is 0.349 e. The van der Waals surface area contributed by atoms with Crippen molar-refractivity contribution in [2.24, 2.45) is 0 Å². The lowest BCUT2D eigenvalue weighted by molar-refractivity contribution is -0.116. The molecule has 4 rings (SSSR count). The molecule has 0 radical (unpaired) electrons. The van der Waals surface area contributed by atoms with Crippen molar-refractivity contribution >= 4 is 45.1 Å². The molecule has 0 saturated heterocycles. The first-order chi connectivity index (χ1) is 17.4. The molecular weight excluding hydrogens is 482 g/mol. The van der Waals surface area contributed by atoms with E-state index in [-0.39, 0.29) is 25.1 Å². The lowest BCUT2D eigenvalue weighted by Gasteiger charge is -2.09. The third-order valence-electron chi connectivity index (χ3n) is 5.29. The fourth-order valence-corrected chi connectivity index (χ4v) is 4.58. The van der Waals surface area contributed by atoms with Crippen LogP contribution in [0.3, 0.4) is 0 Å². The van der Waals surface area contributed by atoms with Crippen molar-refractivity contribution in [2.75, 3.05) is 11.9 Å². The van der Waals surface area contributed by atoms with Gasteiger partial charge in [-0.05, 0) is 43.2 Å². The second-order valence-electron chi connectivity index (χ2n) is 7.83. The number of amides is 1. The highest BCUT2D eigenvalue weighted by Gasteiger charge is 2.21.